The van der Waals surface area contributed by atoms with Crippen LogP contribution in [0.3, 0.4) is 0 Å². The van der Waals surface area contributed by atoms with Crippen molar-refractivity contribution in [2.24, 2.45) is 5.92 Å². The maximum atomic E-state index is 12.3. The van der Waals surface area contributed by atoms with Gasteiger partial charge in [0, 0.05) is 0 Å². The second-order valence-corrected chi connectivity index (χ2v) is 7.48. The van der Waals surface area contributed by atoms with Crippen LogP contribution in [0.5, 0.6) is 0 Å². The van der Waals surface area contributed by atoms with Crippen LogP contribution in [0.2, 0.25) is 0 Å². The summed E-state index contributed by atoms with van der Waals surface area (Å²) < 4.78 is 10.1. The van der Waals surface area contributed by atoms with Gasteiger partial charge in [-0.3, -0.25) is 4.79 Å². The van der Waals surface area contributed by atoms with Crippen LogP contribution in [0.15, 0.2) is 29.6 Å². The van der Waals surface area contributed by atoms with Crippen molar-refractivity contribution in [2.45, 2.75) is 27.2 Å². The number of amides is 1. The smallest absolute Gasteiger partial charge is 0.341 e. The number of nitrogens with zero attached hydrogens (tertiary/aromatic N) is 1. The molecule has 29 heavy (non-hydrogen) atoms. The molecule has 0 aliphatic rings. The van der Waals surface area contributed by atoms with Gasteiger partial charge in [-0.05, 0) is 48.4 Å². The summed E-state index contributed by atoms with van der Waals surface area (Å²) >= 11 is 1.23. The first kappa shape index (κ1) is 22.1. The first-order valence-electron chi connectivity index (χ1n) is 9.10. The number of carbonyl (C=O) groups excluding carboxylic acids is 3. The second kappa shape index (κ2) is 10.4. The van der Waals surface area contributed by atoms with Crippen molar-refractivity contribution >= 4 is 34.2 Å². The lowest BCUT2D eigenvalue weighted by Gasteiger charge is -2.10. The van der Waals surface area contributed by atoms with E-state index in [1.807, 2.05) is 25.3 Å². The Kier molecular flexibility index (Phi) is 7.92. The predicted octanol–water partition coefficient (Wildman–Crippen LogP) is 3.79. The number of benzene rings is 1. The van der Waals surface area contributed by atoms with Crippen LogP contribution in [0.4, 0.5) is 5.00 Å². The van der Waals surface area contributed by atoms with Gasteiger partial charge in [-0.1, -0.05) is 19.9 Å². The molecule has 1 amide bonds. The number of ether oxygens (including phenoxy) is 2. The number of anilines is 1. The zero-order valence-corrected chi connectivity index (χ0v) is 17.3. The zero-order chi connectivity index (χ0) is 21.4. The third kappa shape index (κ3) is 6.16. The van der Waals surface area contributed by atoms with Crippen molar-refractivity contribution in [2.75, 3.05) is 18.5 Å². The number of hydrogen-bond acceptors (Lipinski definition) is 7. The molecule has 1 heterocycles. The van der Waals surface area contributed by atoms with Gasteiger partial charge in [-0.25, -0.2) is 9.59 Å². The highest BCUT2D eigenvalue weighted by atomic mass is 32.1. The summed E-state index contributed by atoms with van der Waals surface area (Å²) in [6.07, 6.45) is 0.671. The fourth-order valence-corrected chi connectivity index (χ4v) is 3.57. The van der Waals surface area contributed by atoms with Crippen molar-refractivity contribution < 1.29 is 23.9 Å². The normalized spacial score (nSPS) is 10.3. The van der Waals surface area contributed by atoms with E-state index in [0.29, 0.717) is 28.5 Å². The number of rotatable bonds is 8. The molecule has 0 atom stereocenters. The Morgan fingerprint density at radius 2 is 1.97 bits per heavy atom. The molecule has 0 aliphatic heterocycles. The fourth-order valence-electron chi connectivity index (χ4n) is 2.60. The fraction of sp³-hybridized carbons (Fsp3) is 0.333. The molecule has 1 aromatic heterocycles. The van der Waals surface area contributed by atoms with Gasteiger partial charge in [-0.15, -0.1) is 11.3 Å². The summed E-state index contributed by atoms with van der Waals surface area (Å²) in [5, 5.41) is 13.7. The molecule has 0 unspecified atom stereocenters. The van der Waals surface area contributed by atoms with Gasteiger partial charge >= 0.3 is 11.9 Å². The van der Waals surface area contributed by atoms with E-state index in [0.717, 1.165) is 5.56 Å². The standard InChI is InChI=1S/C21H22N2O5S/c1-4-27-21(26)18-16(8-13(2)3)12-29-19(18)23-17(24)11-28-20(25)15-7-5-6-14(9-15)10-22/h5-7,9,12-13H,4,8,11H2,1-3H3,(H,23,24). The molecule has 1 aromatic carbocycles. The van der Waals surface area contributed by atoms with Gasteiger partial charge in [0.1, 0.15) is 5.00 Å². The highest BCUT2D eigenvalue weighted by Gasteiger charge is 2.22. The first-order chi connectivity index (χ1) is 13.8. The molecule has 0 bridgehead atoms. The lowest BCUT2D eigenvalue weighted by Crippen LogP contribution is -2.22. The van der Waals surface area contributed by atoms with Crippen LogP contribution in [0.1, 0.15) is 52.6 Å². The van der Waals surface area contributed by atoms with Gasteiger partial charge < -0.3 is 14.8 Å². The van der Waals surface area contributed by atoms with E-state index in [9.17, 15) is 14.4 Å². The third-order valence-corrected chi connectivity index (χ3v) is 4.73. The molecular formula is C21H22N2O5S. The molecule has 2 rings (SSSR count). The zero-order valence-electron chi connectivity index (χ0n) is 16.5. The first-order valence-corrected chi connectivity index (χ1v) is 9.98. The van der Waals surface area contributed by atoms with E-state index < -0.39 is 24.5 Å². The number of thiophene rings is 1. The number of carbonyl (C=O) groups is 3. The Bertz CT molecular complexity index is 943. The van der Waals surface area contributed by atoms with Crippen molar-refractivity contribution in [3.63, 3.8) is 0 Å². The quantitative estimate of drug-likeness (QED) is 0.659. The number of nitriles is 1. The van der Waals surface area contributed by atoms with Gasteiger partial charge in [0.25, 0.3) is 5.91 Å². The number of nitrogens with one attached hydrogen (secondary N) is 1. The van der Waals surface area contributed by atoms with Crippen LogP contribution < -0.4 is 5.32 Å². The van der Waals surface area contributed by atoms with Gasteiger partial charge in [0.05, 0.1) is 29.4 Å². The summed E-state index contributed by atoms with van der Waals surface area (Å²) in [7, 11) is 0. The van der Waals surface area contributed by atoms with Crippen LogP contribution in [0.25, 0.3) is 0 Å². The maximum Gasteiger partial charge on any atom is 0.341 e. The van der Waals surface area contributed by atoms with E-state index >= 15 is 0 Å². The lowest BCUT2D eigenvalue weighted by atomic mass is 10.0. The molecule has 0 aliphatic carbocycles. The summed E-state index contributed by atoms with van der Waals surface area (Å²) in [5.74, 6) is -1.45. The average molecular weight is 414 g/mol. The van der Waals surface area contributed by atoms with Crippen molar-refractivity contribution in [3.8, 4) is 6.07 Å². The minimum absolute atomic E-state index is 0.180. The summed E-state index contributed by atoms with van der Waals surface area (Å²) in [4.78, 5) is 36.7. The van der Waals surface area contributed by atoms with Crippen LogP contribution in [0, 0.1) is 17.2 Å². The van der Waals surface area contributed by atoms with Gasteiger partial charge in [-0.2, -0.15) is 5.26 Å². The van der Waals surface area contributed by atoms with E-state index in [1.54, 1.807) is 19.1 Å². The number of hydrogen-bond donors (Lipinski definition) is 1. The lowest BCUT2D eigenvalue weighted by molar-refractivity contribution is -0.119. The topological polar surface area (TPSA) is 105 Å². The van der Waals surface area contributed by atoms with Crippen LogP contribution in [-0.2, 0) is 20.7 Å². The molecule has 152 valence electrons. The highest BCUT2D eigenvalue weighted by molar-refractivity contribution is 7.15. The minimum Gasteiger partial charge on any atom is -0.462 e. The molecule has 0 radical (unpaired) electrons. The van der Waals surface area contributed by atoms with Crippen molar-refractivity contribution in [1.29, 1.82) is 5.26 Å². The summed E-state index contributed by atoms with van der Waals surface area (Å²) in [5.41, 5.74) is 1.65. The molecule has 0 spiro atoms. The Balaban J connectivity index is 2.06. The molecule has 2 aromatic rings. The Morgan fingerprint density at radius 3 is 2.62 bits per heavy atom. The Labute approximate surface area is 173 Å². The molecule has 0 saturated heterocycles. The number of esters is 2. The molecule has 0 fully saturated rings. The van der Waals surface area contributed by atoms with Crippen LogP contribution in [-0.4, -0.2) is 31.1 Å². The summed E-state index contributed by atoms with van der Waals surface area (Å²) in [6, 6.07) is 7.94. The molecular weight excluding hydrogens is 392 g/mol. The molecule has 8 heteroatoms. The van der Waals surface area contributed by atoms with Crippen molar-refractivity contribution in [3.05, 3.63) is 51.9 Å². The predicted molar refractivity (Wildman–Crippen MR) is 109 cm³/mol. The molecule has 0 saturated carbocycles. The van der Waals surface area contributed by atoms with E-state index in [2.05, 4.69) is 5.32 Å². The van der Waals surface area contributed by atoms with Gasteiger partial charge in [0.2, 0.25) is 0 Å². The van der Waals surface area contributed by atoms with E-state index in [-0.39, 0.29) is 12.2 Å². The highest BCUT2D eigenvalue weighted by Crippen LogP contribution is 2.31. The molecule has 7 nitrogen and oxygen atoms in total. The van der Waals surface area contributed by atoms with Gasteiger partial charge in [0.15, 0.2) is 6.61 Å². The Hall–Kier alpha value is -3.18. The average Bonchev–Trinajstić information content (AvgIpc) is 3.07. The largest absolute Gasteiger partial charge is 0.462 e. The third-order valence-electron chi connectivity index (χ3n) is 3.79. The maximum absolute atomic E-state index is 12.3. The second-order valence-electron chi connectivity index (χ2n) is 6.60. The van der Waals surface area contributed by atoms with Crippen molar-refractivity contribution in [1.82, 2.24) is 0 Å². The molecule has 1 N–H and O–H groups in total. The monoisotopic (exact) mass is 414 g/mol. The van der Waals surface area contributed by atoms with E-state index in [1.165, 1.54) is 23.5 Å². The van der Waals surface area contributed by atoms with E-state index in [4.69, 9.17) is 14.7 Å². The SMILES string of the molecule is CCOC(=O)c1c(CC(C)C)csc1NC(=O)COC(=O)c1cccc(C#N)c1. The minimum atomic E-state index is -0.713. The van der Waals surface area contributed by atoms with Crippen LogP contribution >= 0.6 is 11.3 Å². The summed E-state index contributed by atoms with van der Waals surface area (Å²) in [6.45, 7) is 5.49. The Morgan fingerprint density at radius 1 is 1.21 bits per heavy atom.